The van der Waals surface area contributed by atoms with Crippen LogP contribution < -0.4 is 27.4 Å². The lowest BCUT2D eigenvalue weighted by molar-refractivity contribution is -0.144. The molecule has 0 spiro atoms. The van der Waals surface area contributed by atoms with E-state index in [1.165, 1.54) is 13.8 Å². The number of hydrogen-bond acceptors (Lipinski definition) is 8. The Hall–Kier alpha value is -3.26. The lowest BCUT2D eigenvalue weighted by Gasteiger charge is -2.25. The van der Waals surface area contributed by atoms with Gasteiger partial charge in [-0.1, -0.05) is 0 Å². The molecule has 5 atom stereocenters. The number of rotatable bonds is 14. The lowest BCUT2D eigenvalue weighted by Crippen LogP contribution is -2.59. The van der Waals surface area contributed by atoms with Gasteiger partial charge in [0.2, 0.25) is 23.6 Å². The van der Waals surface area contributed by atoms with Gasteiger partial charge in [-0.05, 0) is 26.7 Å². The summed E-state index contributed by atoms with van der Waals surface area (Å²) < 4.78 is 0. The monoisotopic (exact) mass is 447 g/mol. The van der Waals surface area contributed by atoms with E-state index >= 15 is 0 Å². The lowest BCUT2D eigenvalue weighted by atomic mass is 10.1. The Kier molecular flexibility index (Phi) is 11.7. The van der Waals surface area contributed by atoms with E-state index in [9.17, 15) is 33.9 Å². The van der Waals surface area contributed by atoms with Gasteiger partial charge in [-0.15, -0.1) is 0 Å². The Balaban J connectivity index is 4.99. The molecule has 0 aromatic heterocycles. The zero-order valence-corrected chi connectivity index (χ0v) is 17.2. The number of primary amides is 1. The molecule has 0 heterocycles. The summed E-state index contributed by atoms with van der Waals surface area (Å²) in [6.07, 6.45) is -2.56. The van der Waals surface area contributed by atoms with Crippen molar-refractivity contribution in [2.45, 2.75) is 69.8 Å². The van der Waals surface area contributed by atoms with E-state index in [4.69, 9.17) is 21.7 Å². The molecule has 0 aliphatic carbocycles. The van der Waals surface area contributed by atoms with E-state index in [1.54, 1.807) is 0 Å². The molecule has 0 aliphatic rings. The van der Waals surface area contributed by atoms with Crippen molar-refractivity contribution in [3.8, 4) is 0 Å². The first-order valence-corrected chi connectivity index (χ1v) is 9.33. The van der Waals surface area contributed by atoms with Gasteiger partial charge in [-0.25, -0.2) is 4.79 Å². The maximum atomic E-state index is 12.3. The third-order valence-corrected chi connectivity index (χ3v) is 4.11. The van der Waals surface area contributed by atoms with Crippen LogP contribution in [0.25, 0.3) is 0 Å². The van der Waals surface area contributed by atoms with E-state index < -0.39 is 78.7 Å². The summed E-state index contributed by atoms with van der Waals surface area (Å²) in [5, 5.41) is 34.1. The van der Waals surface area contributed by atoms with Crippen LogP contribution in [0.5, 0.6) is 0 Å². The average molecular weight is 447 g/mol. The summed E-state index contributed by atoms with van der Waals surface area (Å²) in [6, 6.07) is -5.43. The highest BCUT2D eigenvalue weighted by molar-refractivity contribution is 5.94. The molecule has 176 valence electrons. The largest absolute Gasteiger partial charge is 0.481 e. The zero-order valence-electron chi connectivity index (χ0n) is 17.2. The number of aliphatic carboxylic acids is 2. The molecule has 31 heavy (non-hydrogen) atoms. The van der Waals surface area contributed by atoms with Crippen molar-refractivity contribution in [3.05, 3.63) is 0 Å². The van der Waals surface area contributed by atoms with Crippen LogP contribution in [0.4, 0.5) is 0 Å². The minimum absolute atomic E-state index is 0.0405. The summed E-state index contributed by atoms with van der Waals surface area (Å²) >= 11 is 0. The Morgan fingerprint density at radius 3 is 1.87 bits per heavy atom. The first-order valence-electron chi connectivity index (χ1n) is 9.33. The van der Waals surface area contributed by atoms with Gasteiger partial charge in [0.25, 0.3) is 0 Å². The van der Waals surface area contributed by atoms with Crippen molar-refractivity contribution in [1.82, 2.24) is 16.0 Å². The molecule has 10 N–H and O–H groups in total. The van der Waals surface area contributed by atoms with Gasteiger partial charge in [-0.2, -0.15) is 0 Å². The molecule has 0 saturated heterocycles. The molecule has 0 fully saturated rings. The normalized spacial score (nSPS) is 15.5. The molecule has 0 aromatic carbocycles. The number of carboxylic acids is 2. The van der Waals surface area contributed by atoms with Crippen LogP contribution in [0.1, 0.15) is 39.5 Å². The Labute approximate surface area is 177 Å². The summed E-state index contributed by atoms with van der Waals surface area (Å²) in [5.74, 6) is -6.09. The van der Waals surface area contributed by atoms with E-state index in [0.717, 1.165) is 0 Å². The molecular formula is C17H29N5O9. The average Bonchev–Trinajstić information content (AvgIpc) is 2.65. The molecule has 14 nitrogen and oxygen atoms in total. The summed E-state index contributed by atoms with van der Waals surface area (Å²) in [4.78, 5) is 69.2. The Morgan fingerprint density at radius 2 is 1.42 bits per heavy atom. The number of nitrogens with one attached hydrogen (secondary N) is 3. The fourth-order valence-electron chi connectivity index (χ4n) is 2.29. The minimum Gasteiger partial charge on any atom is -0.481 e. The number of hydrogen-bond donors (Lipinski definition) is 8. The highest BCUT2D eigenvalue weighted by atomic mass is 16.4. The molecule has 0 rings (SSSR count). The molecule has 0 aromatic rings. The van der Waals surface area contributed by atoms with Crippen LogP contribution in [0.15, 0.2) is 0 Å². The van der Waals surface area contributed by atoms with Gasteiger partial charge in [0, 0.05) is 12.8 Å². The highest BCUT2D eigenvalue weighted by Gasteiger charge is 2.31. The maximum Gasteiger partial charge on any atom is 0.326 e. The molecule has 4 amide bonds. The minimum atomic E-state index is -1.58. The molecule has 0 radical (unpaired) electrons. The van der Waals surface area contributed by atoms with Crippen molar-refractivity contribution in [2.24, 2.45) is 11.5 Å². The smallest absolute Gasteiger partial charge is 0.326 e. The van der Waals surface area contributed by atoms with E-state index in [0.29, 0.717) is 0 Å². The second-order valence-electron chi connectivity index (χ2n) is 6.90. The van der Waals surface area contributed by atoms with Crippen LogP contribution >= 0.6 is 0 Å². The van der Waals surface area contributed by atoms with Crippen molar-refractivity contribution in [2.75, 3.05) is 0 Å². The SMILES string of the molecule is CC(NC(=O)C(N)CCC(N)=O)C(=O)NC(C(=O)NC(CCC(=O)O)C(=O)O)C(C)O. The van der Waals surface area contributed by atoms with Gasteiger partial charge in [0.05, 0.1) is 12.1 Å². The van der Waals surface area contributed by atoms with Gasteiger partial charge in [0.1, 0.15) is 18.1 Å². The second-order valence-corrected chi connectivity index (χ2v) is 6.90. The van der Waals surface area contributed by atoms with Crippen molar-refractivity contribution in [1.29, 1.82) is 0 Å². The third kappa shape index (κ3) is 10.9. The summed E-state index contributed by atoms with van der Waals surface area (Å²) in [6.45, 7) is 2.44. The predicted molar refractivity (Wildman–Crippen MR) is 104 cm³/mol. The van der Waals surface area contributed by atoms with Crippen LogP contribution in [0.3, 0.4) is 0 Å². The fraction of sp³-hybridized carbons (Fsp3) is 0.647. The maximum absolute atomic E-state index is 12.3. The standard InChI is InChI=1S/C17H29N5O9/c1-7(20-15(28)9(18)3-5-11(19)24)14(27)22-13(8(2)23)16(29)21-10(17(30)31)4-6-12(25)26/h7-10,13,23H,3-6,18H2,1-2H3,(H2,19,24)(H,20,28)(H,21,29)(H,22,27)(H,25,26)(H,30,31). The van der Waals surface area contributed by atoms with Crippen LogP contribution in [0.2, 0.25) is 0 Å². The molecule has 0 bridgehead atoms. The number of aliphatic hydroxyl groups excluding tert-OH is 1. The Bertz CT molecular complexity index is 697. The fourth-order valence-corrected chi connectivity index (χ4v) is 2.29. The van der Waals surface area contributed by atoms with E-state index in [2.05, 4.69) is 16.0 Å². The first-order chi connectivity index (χ1) is 14.3. The molecular weight excluding hydrogens is 418 g/mol. The predicted octanol–water partition coefficient (Wildman–Crippen LogP) is -3.62. The number of amides is 4. The number of nitrogens with two attached hydrogens (primary N) is 2. The second kappa shape index (κ2) is 13.1. The summed E-state index contributed by atoms with van der Waals surface area (Å²) in [5.41, 5.74) is 10.6. The number of aliphatic hydroxyl groups is 1. The van der Waals surface area contributed by atoms with Crippen molar-refractivity contribution in [3.63, 3.8) is 0 Å². The number of carbonyl (C=O) groups excluding carboxylic acids is 4. The van der Waals surface area contributed by atoms with Gasteiger partial charge >= 0.3 is 11.9 Å². The van der Waals surface area contributed by atoms with E-state index in [1.807, 2.05) is 0 Å². The zero-order chi connectivity index (χ0) is 24.3. The molecule has 14 heteroatoms. The highest BCUT2D eigenvalue weighted by Crippen LogP contribution is 2.02. The van der Waals surface area contributed by atoms with Crippen LogP contribution in [-0.4, -0.2) is 81.2 Å². The third-order valence-electron chi connectivity index (χ3n) is 4.11. The quantitative estimate of drug-likeness (QED) is 0.130. The van der Waals surface area contributed by atoms with Gasteiger partial charge < -0.3 is 42.7 Å². The summed E-state index contributed by atoms with van der Waals surface area (Å²) in [7, 11) is 0. The number of carboxylic acid groups (broad SMARTS) is 2. The topological polar surface area (TPSA) is 251 Å². The van der Waals surface area contributed by atoms with Crippen LogP contribution in [-0.2, 0) is 28.8 Å². The Morgan fingerprint density at radius 1 is 0.839 bits per heavy atom. The van der Waals surface area contributed by atoms with Gasteiger partial charge in [-0.3, -0.25) is 24.0 Å². The van der Waals surface area contributed by atoms with Gasteiger partial charge in [0.15, 0.2) is 0 Å². The van der Waals surface area contributed by atoms with Crippen LogP contribution in [0, 0.1) is 0 Å². The first kappa shape index (κ1) is 27.7. The molecule has 0 aliphatic heterocycles. The van der Waals surface area contributed by atoms with Crippen molar-refractivity contribution < 1.29 is 44.1 Å². The number of carbonyl (C=O) groups is 6. The molecule has 5 unspecified atom stereocenters. The van der Waals surface area contributed by atoms with E-state index in [-0.39, 0.29) is 12.8 Å². The van der Waals surface area contributed by atoms with Crippen molar-refractivity contribution >= 4 is 35.6 Å². The molecule has 0 saturated carbocycles.